The highest BCUT2D eigenvalue weighted by molar-refractivity contribution is 7.58. The van der Waals surface area contributed by atoms with E-state index in [1.54, 1.807) is 26.0 Å². The first-order chi connectivity index (χ1) is 11.6. The molecule has 3 atom stereocenters. The summed E-state index contributed by atoms with van der Waals surface area (Å²) in [7, 11) is -1.71. The summed E-state index contributed by atoms with van der Waals surface area (Å²) in [5.74, 6) is -0.150. The molecule has 6 nitrogen and oxygen atoms in total. The van der Waals surface area contributed by atoms with Crippen molar-refractivity contribution < 1.29 is 23.4 Å². The van der Waals surface area contributed by atoms with Crippen LogP contribution in [0.3, 0.4) is 0 Å². The van der Waals surface area contributed by atoms with Crippen LogP contribution in [0.25, 0.3) is 0 Å². The third-order valence-electron chi connectivity index (χ3n) is 3.55. The Hall–Kier alpha value is -1.36. The van der Waals surface area contributed by atoms with E-state index in [-0.39, 0.29) is 24.5 Å². The van der Waals surface area contributed by atoms with Gasteiger partial charge in [-0.2, -0.15) is 0 Å². The van der Waals surface area contributed by atoms with E-state index in [0.717, 1.165) is 0 Å². The van der Waals surface area contributed by atoms with Gasteiger partial charge in [-0.3, -0.25) is 9.36 Å². The van der Waals surface area contributed by atoms with Crippen LogP contribution in [0.5, 0.6) is 5.75 Å². The predicted molar refractivity (Wildman–Crippen MR) is 99.0 cm³/mol. The molecule has 0 amide bonds. The molecule has 25 heavy (non-hydrogen) atoms. The van der Waals surface area contributed by atoms with Crippen LogP contribution in [0.2, 0.25) is 0 Å². The van der Waals surface area contributed by atoms with Crippen molar-refractivity contribution >= 4 is 13.5 Å². The molecule has 1 aromatic carbocycles. The number of methoxy groups -OCH3 is 1. The van der Waals surface area contributed by atoms with Crippen LogP contribution in [0, 0.1) is 5.92 Å². The summed E-state index contributed by atoms with van der Waals surface area (Å²) in [6, 6.07) is 8.71. The summed E-state index contributed by atoms with van der Waals surface area (Å²) >= 11 is 0. The number of esters is 1. The zero-order valence-corrected chi connectivity index (χ0v) is 16.8. The summed E-state index contributed by atoms with van der Waals surface area (Å²) in [4.78, 5) is 11.9. The molecule has 0 spiro atoms. The Morgan fingerprint density at radius 2 is 1.76 bits per heavy atom. The Balaban J connectivity index is 2.72. The molecule has 142 valence electrons. The van der Waals surface area contributed by atoms with Crippen LogP contribution < -0.4 is 9.61 Å². The maximum absolute atomic E-state index is 13.4. The first-order valence-electron chi connectivity index (χ1n) is 8.37. The minimum Gasteiger partial charge on any atom is -0.464 e. The van der Waals surface area contributed by atoms with Crippen LogP contribution in [-0.4, -0.2) is 37.5 Å². The van der Waals surface area contributed by atoms with E-state index >= 15 is 0 Å². The number of para-hydroxylation sites is 1. The number of hydrogen-bond acceptors (Lipinski definition) is 5. The molecule has 0 aromatic heterocycles. The Morgan fingerprint density at radius 1 is 1.16 bits per heavy atom. The van der Waals surface area contributed by atoms with Gasteiger partial charge in [-0.15, -0.1) is 0 Å². The number of nitrogens with one attached hydrogen (secondary N) is 1. The molecule has 0 aliphatic carbocycles. The molecule has 0 aliphatic heterocycles. The average Bonchev–Trinajstić information content (AvgIpc) is 2.52. The molecule has 0 radical (unpaired) electrons. The van der Waals surface area contributed by atoms with Crippen LogP contribution in [0.1, 0.15) is 34.6 Å². The van der Waals surface area contributed by atoms with Gasteiger partial charge in [-0.1, -0.05) is 18.2 Å². The lowest BCUT2D eigenvalue weighted by molar-refractivity contribution is -0.150. The minimum absolute atomic E-state index is 0.102. The first kappa shape index (κ1) is 21.7. The lowest BCUT2D eigenvalue weighted by atomic mass is 10.2. The average molecular weight is 371 g/mol. The Morgan fingerprint density at radius 3 is 2.28 bits per heavy atom. The normalized spacial score (nSPS) is 16.6. The highest BCUT2D eigenvalue weighted by Gasteiger charge is 2.40. The van der Waals surface area contributed by atoms with Crippen molar-refractivity contribution in [2.24, 2.45) is 5.92 Å². The van der Waals surface area contributed by atoms with Gasteiger partial charge in [-0.25, -0.2) is 5.09 Å². The fourth-order valence-electron chi connectivity index (χ4n) is 1.98. The Bertz CT molecular complexity index is 585. The molecule has 0 aliphatic rings. The van der Waals surface area contributed by atoms with Gasteiger partial charge in [-0.05, 0) is 46.8 Å². The number of hydrogen-bond donors (Lipinski definition) is 1. The van der Waals surface area contributed by atoms with Crippen molar-refractivity contribution in [1.29, 1.82) is 0 Å². The minimum atomic E-state index is -3.24. The monoisotopic (exact) mass is 371 g/mol. The van der Waals surface area contributed by atoms with Crippen molar-refractivity contribution in [3.63, 3.8) is 0 Å². The predicted octanol–water partition coefficient (Wildman–Crippen LogP) is 3.86. The third-order valence-corrected chi connectivity index (χ3v) is 6.56. The van der Waals surface area contributed by atoms with Gasteiger partial charge >= 0.3 is 13.5 Å². The SMILES string of the molecule is COCC(C)C(=O)OC[C@H](C)NP(=O)(Oc1ccccc1)C(C)(C)C. The van der Waals surface area contributed by atoms with Crippen molar-refractivity contribution in [2.75, 3.05) is 20.3 Å². The van der Waals surface area contributed by atoms with Crippen LogP contribution >= 0.6 is 7.52 Å². The molecule has 0 fully saturated rings. The zero-order valence-electron chi connectivity index (χ0n) is 15.9. The summed E-state index contributed by atoms with van der Waals surface area (Å²) in [5.41, 5.74) is 0. The highest BCUT2D eigenvalue weighted by atomic mass is 31.2. The van der Waals surface area contributed by atoms with E-state index in [1.165, 1.54) is 7.11 Å². The molecule has 0 heterocycles. The number of ether oxygens (including phenoxy) is 2. The summed E-state index contributed by atoms with van der Waals surface area (Å²) in [6.07, 6.45) is 0. The third kappa shape index (κ3) is 6.81. The van der Waals surface area contributed by atoms with Crippen LogP contribution in [0.4, 0.5) is 0 Å². The second kappa shape index (κ2) is 9.37. The molecular weight excluding hydrogens is 341 g/mol. The van der Waals surface area contributed by atoms with E-state index in [9.17, 15) is 9.36 Å². The number of carbonyl (C=O) groups is 1. The van der Waals surface area contributed by atoms with E-state index in [4.69, 9.17) is 14.0 Å². The first-order valence-corrected chi connectivity index (χ1v) is 9.99. The van der Waals surface area contributed by atoms with Gasteiger partial charge in [0.2, 0.25) is 0 Å². The standard InChI is InChI=1S/C18H30NO5P/c1-14(12-22-6)17(20)23-13-15(2)19-25(21,18(3,4)5)24-16-10-8-7-9-11-16/h7-11,14-15H,12-13H2,1-6H3,(H,19,21)/t14?,15-,25?/m0/s1. The molecule has 0 bridgehead atoms. The largest absolute Gasteiger partial charge is 0.464 e. The Labute approximate surface area is 150 Å². The van der Waals surface area contributed by atoms with Gasteiger partial charge in [0.05, 0.1) is 17.7 Å². The molecule has 1 N–H and O–H groups in total. The lowest BCUT2D eigenvalue weighted by Crippen LogP contribution is -2.37. The van der Waals surface area contributed by atoms with Gasteiger partial charge < -0.3 is 14.0 Å². The number of carbonyl (C=O) groups excluding carboxylic acids is 1. The van der Waals surface area contributed by atoms with Crippen LogP contribution in [0.15, 0.2) is 30.3 Å². The molecule has 0 saturated heterocycles. The Kier molecular flexibility index (Phi) is 8.13. The van der Waals surface area contributed by atoms with E-state index in [1.807, 2.05) is 39.0 Å². The lowest BCUT2D eigenvalue weighted by Gasteiger charge is -2.33. The zero-order chi connectivity index (χ0) is 19.1. The topological polar surface area (TPSA) is 73.9 Å². The van der Waals surface area contributed by atoms with Crippen molar-refractivity contribution in [2.45, 2.75) is 45.8 Å². The molecule has 7 heteroatoms. The van der Waals surface area contributed by atoms with Gasteiger partial charge in [0.15, 0.2) is 0 Å². The van der Waals surface area contributed by atoms with Crippen LogP contribution in [-0.2, 0) is 18.8 Å². The molecule has 0 saturated carbocycles. The summed E-state index contributed by atoms with van der Waals surface area (Å²) in [5, 5.41) is 2.41. The van der Waals surface area contributed by atoms with E-state index in [0.29, 0.717) is 12.4 Å². The quantitative estimate of drug-likeness (QED) is 0.525. The maximum Gasteiger partial charge on any atom is 0.322 e. The molecule has 2 unspecified atom stereocenters. The molecular formula is C18H30NO5P. The second-order valence-electron chi connectivity index (χ2n) is 7.14. The van der Waals surface area contributed by atoms with Crippen molar-refractivity contribution in [1.82, 2.24) is 5.09 Å². The fourth-order valence-corrected chi connectivity index (χ4v) is 3.77. The van der Waals surface area contributed by atoms with Crippen molar-refractivity contribution in [3.8, 4) is 5.75 Å². The van der Waals surface area contributed by atoms with E-state index in [2.05, 4.69) is 5.09 Å². The molecule has 1 rings (SSSR count). The summed E-state index contributed by atoms with van der Waals surface area (Å²) in [6.45, 7) is 9.50. The highest BCUT2D eigenvalue weighted by Crippen LogP contribution is 2.55. The van der Waals surface area contributed by atoms with Crippen molar-refractivity contribution in [3.05, 3.63) is 30.3 Å². The summed E-state index contributed by atoms with van der Waals surface area (Å²) < 4.78 is 29.4. The molecule has 1 aromatic rings. The van der Waals surface area contributed by atoms with E-state index < -0.39 is 12.7 Å². The smallest absolute Gasteiger partial charge is 0.322 e. The van der Waals surface area contributed by atoms with Gasteiger partial charge in [0.25, 0.3) is 0 Å². The van der Waals surface area contributed by atoms with Gasteiger partial charge in [0, 0.05) is 13.2 Å². The number of rotatable bonds is 9. The second-order valence-corrected chi connectivity index (χ2v) is 10.0. The number of benzene rings is 1. The maximum atomic E-state index is 13.4. The van der Waals surface area contributed by atoms with Gasteiger partial charge in [0.1, 0.15) is 12.4 Å². The fraction of sp³-hybridized carbons (Fsp3) is 0.611.